The zero-order valence-corrected chi connectivity index (χ0v) is 16.6. The molecule has 3 atom stereocenters. The number of nitrogens with one attached hydrogen (secondary N) is 1. The molecule has 0 aromatic heterocycles. The van der Waals surface area contributed by atoms with Crippen LogP contribution in [0.5, 0.6) is 5.75 Å². The summed E-state index contributed by atoms with van der Waals surface area (Å²) in [6.07, 6.45) is 0. The number of nitrogens with zero attached hydrogens (tertiary/aromatic N) is 2. The maximum atomic E-state index is 13.2. The second kappa shape index (κ2) is 7.63. The lowest BCUT2D eigenvalue weighted by Crippen LogP contribution is -2.70. The van der Waals surface area contributed by atoms with Crippen LogP contribution in [0.2, 0.25) is 0 Å². The van der Waals surface area contributed by atoms with Gasteiger partial charge in [-0.05, 0) is 17.7 Å². The van der Waals surface area contributed by atoms with Crippen molar-refractivity contribution in [2.75, 3.05) is 39.3 Å². The molecular weight excluding hydrogens is 388 g/mol. The Morgan fingerprint density at radius 2 is 1.63 bits per heavy atom. The Balaban J connectivity index is 1.50. The Bertz CT molecular complexity index is 908. The molecule has 5 nitrogen and oxygen atoms in total. The van der Waals surface area contributed by atoms with Crippen LogP contribution in [0.4, 0.5) is 8.78 Å². The highest BCUT2D eigenvalue weighted by molar-refractivity contribution is 5.97. The summed E-state index contributed by atoms with van der Waals surface area (Å²) in [5.41, 5.74) is 1.13. The second-order valence-electron chi connectivity index (χ2n) is 8.58. The summed E-state index contributed by atoms with van der Waals surface area (Å²) in [4.78, 5) is 18.2. The molecule has 4 bridgehead atoms. The predicted molar refractivity (Wildman–Crippen MR) is 109 cm³/mol. The van der Waals surface area contributed by atoms with Crippen LogP contribution in [0.1, 0.15) is 15.9 Å². The molecule has 7 heteroatoms. The normalized spacial score (nSPS) is 32.1. The Hall–Kier alpha value is -2.51. The van der Waals surface area contributed by atoms with Gasteiger partial charge in [-0.15, -0.1) is 0 Å². The van der Waals surface area contributed by atoms with Gasteiger partial charge in [0.05, 0.1) is 5.56 Å². The highest BCUT2D eigenvalue weighted by Gasteiger charge is 2.55. The number of hydrogen-bond acceptors (Lipinski definition) is 4. The van der Waals surface area contributed by atoms with Gasteiger partial charge < -0.3 is 19.9 Å². The number of carbonyl (C=O) groups excluding carboxylic acids is 1. The number of alkyl halides is 2. The number of piperidine rings is 2. The van der Waals surface area contributed by atoms with Gasteiger partial charge in [0.15, 0.2) is 0 Å². The molecule has 2 aromatic rings. The van der Waals surface area contributed by atoms with E-state index < -0.39 is 6.61 Å². The van der Waals surface area contributed by atoms with Gasteiger partial charge in [-0.2, -0.15) is 8.78 Å². The number of benzene rings is 2. The molecule has 4 heterocycles. The molecule has 1 amide bonds. The molecule has 3 unspecified atom stereocenters. The maximum absolute atomic E-state index is 13.2. The molecule has 0 aliphatic carbocycles. The third-order valence-electron chi connectivity index (χ3n) is 6.78. The summed E-state index contributed by atoms with van der Waals surface area (Å²) in [5, 5.41) is 3.24. The largest absolute Gasteiger partial charge is 0.434 e. The standard InChI is InChI=1S/C23H25F2N3O2/c24-22(25)30-19-9-5-4-8-18(19)21(29)26-20-16-12-27-10-11-28(13-16)15-23(20,14-27)17-6-2-1-3-7-17/h1-9,16,20,22H,10-15H2,(H,26,29). The first-order valence-corrected chi connectivity index (χ1v) is 10.4. The fourth-order valence-electron chi connectivity index (χ4n) is 5.64. The maximum Gasteiger partial charge on any atom is 0.387 e. The van der Waals surface area contributed by atoms with E-state index in [0.29, 0.717) is 0 Å². The lowest BCUT2D eigenvalue weighted by molar-refractivity contribution is -0.0502. The molecule has 0 radical (unpaired) electrons. The average molecular weight is 413 g/mol. The minimum Gasteiger partial charge on any atom is -0.434 e. The van der Waals surface area contributed by atoms with Crippen LogP contribution in [0.15, 0.2) is 54.6 Å². The van der Waals surface area contributed by atoms with E-state index in [2.05, 4.69) is 32.0 Å². The van der Waals surface area contributed by atoms with E-state index >= 15 is 0 Å². The topological polar surface area (TPSA) is 44.8 Å². The van der Waals surface area contributed by atoms with E-state index in [-0.39, 0.29) is 34.6 Å². The number of rotatable bonds is 5. The van der Waals surface area contributed by atoms with Gasteiger partial charge in [0, 0.05) is 56.6 Å². The first-order chi connectivity index (χ1) is 14.5. The fourth-order valence-corrected chi connectivity index (χ4v) is 5.64. The van der Waals surface area contributed by atoms with E-state index in [9.17, 15) is 13.6 Å². The second-order valence-corrected chi connectivity index (χ2v) is 8.58. The molecule has 158 valence electrons. The molecule has 4 aliphatic heterocycles. The molecule has 4 fully saturated rings. The first kappa shape index (κ1) is 19.5. The number of para-hydroxylation sites is 1. The van der Waals surface area contributed by atoms with Gasteiger partial charge in [0.2, 0.25) is 0 Å². The third kappa shape index (κ3) is 3.36. The van der Waals surface area contributed by atoms with Crippen molar-refractivity contribution in [1.29, 1.82) is 0 Å². The van der Waals surface area contributed by atoms with E-state index in [1.165, 1.54) is 17.7 Å². The molecule has 4 aliphatic rings. The van der Waals surface area contributed by atoms with E-state index in [0.717, 1.165) is 39.3 Å². The molecular formula is C23H25F2N3O2. The molecule has 0 spiro atoms. The molecule has 1 N–H and O–H groups in total. The lowest BCUT2D eigenvalue weighted by Gasteiger charge is -2.55. The molecule has 30 heavy (non-hydrogen) atoms. The lowest BCUT2D eigenvalue weighted by atomic mass is 9.64. The number of amides is 1. The van der Waals surface area contributed by atoms with Crippen LogP contribution < -0.4 is 10.1 Å². The van der Waals surface area contributed by atoms with E-state index in [1.54, 1.807) is 12.1 Å². The molecule has 0 saturated carbocycles. The Morgan fingerprint density at radius 3 is 2.30 bits per heavy atom. The van der Waals surface area contributed by atoms with Gasteiger partial charge in [0.1, 0.15) is 5.75 Å². The zero-order chi connectivity index (χ0) is 20.7. The molecule has 2 aromatic carbocycles. The minimum absolute atomic E-state index is 0.0717. The van der Waals surface area contributed by atoms with Crippen molar-refractivity contribution in [1.82, 2.24) is 15.1 Å². The fraction of sp³-hybridized carbons (Fsp3) is 0.435. The summed E-state index contributed by atoms with van der Waals surface area (Å²) in [7, 11) is 0. The number of hydrogen-bond donors (Lipinski definition) is 1. The van der Waals surface area contributed by atoms with E-state index in [1.807, 2.05) is 18.2 Å². The van der Waals surface area contributed by atoms with E-state index in [4.69, 9.17) is 0 Å². The number of ether oxygens (including phenoxy) is 1. The summed E-state index contributed by atoms with van der Waals surface area (Å²) in [6, 6.07) is 16.5. The SMILES string of the molecule is O=C(NC1C2CN3CCN(C2)CC1(c1ccccc1)C3)c1ccccc1OC(F)F. The summed E-state index contributed by atoms with van der Waals surface area (Å²) in [5.74, 6) is -0.169. The number of carbonyl (C=O) groups is 1. The summed E-state index contributed by atoms with van der Waals surface area (Å²) in [6.45, 7) is 2.73. The van der Waals surface area contributed by atoms with Crippen LogP contribution in [0.25, 0.3) is 0 Å². The predicted octanol–water partition coefficient (Wildman–Crippen LogP) is 2.59. The van der Waals surface area contributed by atoms with Crippen molar-refractivity contribution in [2.24, 2.45) is 5.92 Å². The third-order valence-corrected chi connectivity index (χ3v) is 6.78. The van der Waals surface area contributed by atoms with Crippen molar-refractivity contribution >= 4 is 5.91 Å². The smallest absolute Gasteiger partial charge is 0.387 e. The highest BCUT2D eigenvalue weighted by atomic mass is 19.3. The number of fused-ring (bicyclic) bond motifs is 1. The minimum atomic E-state index is -2.97. The van der Waals surface area contributed by atoms with Crippen molar-refractivity contribution < 1.29 is 18.3 Å². The van der Waals surface area contributed by atoms with Gasteiger partial charge in [-0.1, -0.05) is 42.5 Å². The van der Waals surface area contributed by atoms with Crippen molar-refractivity contribution in [3.8, 4) is 5.75 Å². The van der Waals surface area contributed by atoms with Gasteiger partial charge in [-0.25, -0.2) is 0 Å². The van der Waals surface area contributed by atoms with Gasteiger partial charge in [0.25, 0.3) is 5.91 Å². The Morgan fingerprint density at radius 1 is 1.00 bits per heavy atom. The summed E-state index contributed by atoms with van der Waals surface area (Å²) < 4.78 is 30.2. The van der Waals surface area contributed by atoms with Crippen LogP contribution in [0, 0.1) is 5.92 Å². The van der Waals surface area contributed by atoms with Crippen molar-refractivity contribution in [2.45, 2.75) is 18.1 Å². The van der Waals surface area contributed by atoms with Crippen molar-refractivity contribution in [3.05, 3.63) is 65.7 Å². The van der Waals surface area contributed by atoms with Crippen LogP contribution >= 0.6 is 0 Å². The van der Waals surface area contributed by atoms with Crippen LogP contribution in [0.3, 0.4) is 0 Å². The quantitative estimate of drug-likeness (QED) is 0.819. The van der Waals surface area contributed by atoms with Gasteiger partial charge in [-0.3, -0.25) is 4.79 Å². The highest BCUT2D eigenvalue weighted by Crippen LogP contribution is 2.43. The van der Waals surface area contributed by atoms with Gasteiger partial charge >= 0.3 is 6.61 Å². The average Bonchev–Trinajstić information content (AvgIpc) is 2.99. The number of halogens is 2. The Kier molecular flexibility index (Phi) is 4.95. The first-order valence-electron chi connectivity index (χ1n) is 10.4. The monoisotopic (exact) mass is 413 g/mol. The van der Waals surface area contributed by atoms with Crippen LogP contribution in [-0.2, 0) is 5.41 Å². The van der Waals surface area contributed by atoms with Crippen molar-refractivity contribution in [3.63, 3.8) is 0 Å². The molecule has 4 saturated heterocycles. The zero-order valence-electron chi connectivity index (χ0n) is 16.6. The summed E-state index contributed by atoms with van der Waals surface area (Å²) >= 11 is 0. The Labute approximate surface area is 174 Å². The van der Waals surface area contributed by atoms with Crippen LogP contribution in [-0.4, -0.2) is 67.6 Å². The molecule has 6 rings (SSSR count).